The molecule has 0 spiro atoms. The van der Waals surface area contributed by atoms with Crippen molar-refractivity contribution in [2.24, 2.45) is 0 Å². The van der Waals surface area contributed by atoms with E-state index in [1.165, 1.54) is 11.8 Å². The Morgan fingerprint density at radius 1 is 1.23 bits per heavy atom. The number of aliphatic hydroxyl groups is 1. The second kappa shape index (κ2) is 6.83. The molecule has 1 fully saturated rings. The first-order valence-corrected chi connectivity index (χ1v) is 8.83. The van der Waals surface area contributed by atoms with Crippen molar-refractivity contribution in [1.82, 2.24) is 14.5 Å². The van der Waals surface area contributed by atoms with Gasteiger partial charge in [-0.3, -0.25) is 9.36 Å². The molecule has 120 valence electrons. The molecular weight excluding hydrogens is 302 g/mol. The summed E-state index contributed by atoms with van der Waals surface area (Å²) in [5.41, 5.74) is 1.77. The predicted octanol–water partition coefficient (Wildman–Crippen LogP) is 0.439. The lowest BCUT2D eigenvalue weighted by atomic mass is 10.2. The number of aliphatic hydroxyl groups excluding tert-OH is 1. The van der Waals surface area contributed by atoms with E-state index in [4.69, 9.17) is 5.11 Å². The maximum absolute atomic E-state index is 12.1. The van der Waals surface area contributed by atoms with Crippen molar-refractivity contribution in [3.8, 4) is 0 Å². The number of amides is 1. The summed E-state index contributed by atoms with van der Waals surface area (Å²) in [4.78, 5) is 30.3. The fourth-order valence-electron chi connectivity index (χ4n) is 3.22. The molecule has 1 amide bonds. The summed E-state index contributed by atoms with van der Waals surface area (Å²) in [5.74, 6) is 0.485. The molecule has 3 rings (SSSR count). The van der Waals surface area contributed by atoms with Crippen LogP contribution in [0.4, 0.5) is 0 Å². The van der Waals surface area contributed by atoms with Gasteiger partial charge < -0.3 is 10.0 Å². The smallest absolute Gasteiger partial charge is 0.348 e. The highest BCUT2D eigenvalue weighted by Gasteiger charge is 2.23. The van der Waals surface area contributed by atoms with Gasteiger partial charge in [-0.15, -0.1) is 0 Å². The van der Waals surface area contributed by atoms with Crippen molar-refractivity contribution in [2.75, 3.05) is 25.4 Å². The summed E-state index contributed by atoms with van der Waals surface area (Å²) in [6.07, 6.45) is 4.91. The summed E-state index contributed by atoms with van der Waals surface area (Å²) in [5, 5.41) is 9.81. The minimum absolute atomic E-state index is 0.0615. The zero-order valence-corrected chi connectivity index (χ0v) is 13.4. The molecule has 1 aliphatic carbocycles. The van der Waals surface area contributed by atoms with Crippen molar-refractivity contribution in [1.29, 1.82) is 0 Å². The van der Waals surface area contributed by atoms with E-state index in [0.717, 1.165) is 56.5 Å². The topological polar surface area (TPSA) is 75.4 Å². The summed E-state index contributed by atoms with van der Waals surface area (Å²) in [7, 11) is 0. The molecule has 1 aliphatic heterocycles. The maximum atomic E-state index is 12.1. The van der Waals surface area contributed by atoms with Crippen LogP contribution >= 0.6 is 11.8 Å². The Bertz CT molecular complexity index is 623. The zero-order valence-electron chi connectivity index (χ0n) is 12.6. The Hall–Kier alpha value is -1.34. The van der Waals surface area contributed by atoms with Crippen molar-refractivity contribution >= 4 is 17.7 Å². The molecular formula is C15H21N3O3S. The molecule has 6 nitrogen and oxygen atoms in total. The van der Waals surface area contributed by atoms with Gasteiger partial charge in [-0.25, -0.2) is 4.79 Å². The van der Waals surface area contributed by atoms with E-state index in [9.17, 15) is 9.59 Å². The van der Waals surface area contributed by atoms with Gasteiger partial charge in [-0.1, -0.05) is 11.8 Å². The lowest BCUT2D eigenvalue weighted by molar-refractivity contribution is -0.127. The number of fused-ring (bicyclic) bond motifs is 1. The number of nitrogens with zero attached hydrogens (tertiary/aromatic N) is 3. The number of likely N-dealkylation sites (tertiary alicyclic amines) is 1. The van der Waals surface area contributed by atoms with Crippen molar-refractivity contribution in [3.63, 3.8) is 0 Å². The van der Waals surface area contributed by atoms with Crippen LogP contribution in [0.25, 0.3) is 0 Å². The Morgan fingerprint density at radius 2 is 2.00 bits per heavy atom. The molecule has 1 aromatic rings. The van der Waals surface area contributed by atoms with Gasteiger partial charge in [0.1, 0.15) is 5.03 Å². The molecule has 0 bridgehead atoms. The molecule has 2 aliphatic rings. The van der Waals surface area contributed by atoms with Crippen LogP contribution in [0.15, 0.2) is 9.82 Å². The van der Waals surface area contributed by atoms with Gasteiger partial charge in [-0.2, -0.15) is 4.98 Å². The molecule has 0 unspecified atom stereocenters. The van der Waals surface area contributed by atoms with Crippen LogP contribution in [0.5, 0.6) is 0 Å². The third-order valence-electron chi connectivity index (χ3n) is 4.32. The van der Waals surface area contributed by atoms with Crippen LogP contribution in [-0.4, -0.2) is 50.9 Å². The van der Waals surface area contributed by atoms with E-state index in [2.05, 4.69) is 4.98 Å². The zero-order chi connectivity index (χ0) is 15.5. The van der Waals surface area contributed by atoms with Gasteiger partial charge in [-0.05, 0) is 32.1 Å². The van der Waals surface area contributed by atoms with E-state index in [1.54, 1.807) is 4.57 Å². The van der Waals surface area contributed by atoms with Crippen LogP contribution < -0.4 is 5.69 Å². The van der Waals surface area contributed by atoms with Gasteiger partial charge in [0.15, 0.2) is 0 Å². The number of hydrogen-bond acceptors (Lipinski definition) is 5. The molecule has 0 aromatic carbocycles. The van der Waals surface area contributed by atoms with Crippen molar-refractivity contribution in [2.45, 2.75) is 43.7 Å². The molecule has 0 atom stereocenters. The Morgan fingerprint density at radius 3 is 2.73 bits per heavy atom. The third-order valence-corrected chi connectivity index (χ3v) is 5.32. The number of thioether (sulfide) groups is 1. The monoisotopic (exact) mass is 323 g/mol. The Labute approximate surface area is 133 Å². The molecule has 0 saturated carbocycles. The van der Waals surface area contributed by atoms with E-state index < -0.39 is 0 Å². The van der Waals surface area contributed by atoms with E-state index in [1.807, 2.05) is 4.90 Å². The van der Waals surface area contributed by atoms with E-state index in [0.29, 0.717) is 17.3 Å². The maximum Gasteiger partial charge on any atom is 0.348 e. The number of carbonyl (C=O) groups excluding carboxylic acids is 1. The van der Waals surface area contributed by atoms with Crippen LogP contribution in [0.1, 0.15) is 30.5 Å². The highest BCUT2D eigenvalue weighted by atomic mass is 32.2. The fourth-order valence-corrected chi connectivity index (χ4v) is 4.20. The number of rotatable bonds is 5. The van der Waals surface area contributed by atoms with E-state index >= 15 is 0 Å². The summed E-state index contributed by atoms with van der Waals surface area (Å²) in [6, 6.07) is 0. The van der Waals surface area contributed by atoms with Crippen molar-refractivity contribution < 1.29 is 9.90 Å². The second-order valence-electron chi connectivity index (χ2n) is 5.73. The minimum Gasteiger partial charge on any atom is -0.395 e. The van der Waals surface area contributed by atoms with Crippen molar-refractivity contribution in [3.05, 3.63) is 21.7 Å². The Balaban J connectivity index is 1.77. The minimum atomic E-state index is -0.314. The highest BCUT2D eigenvalue weighted by molar-refractivity contribution is 7.99. The van der Waals surface area contributed by atoms with Gasteiger partial charge in [0, 0.05) is 24.3 Å². The molecule has 0 radical (unpaired) electrons. The van der Waals surface area contributed by atoms with Gasteiger partial charge in [0.2, 0.25) is 5.91 Å². The molecule has 2 heterocycles. The lowest BCUT2D eigenvalue weighted by Crippen LogP contribution is -2.30. The molecule has 1 N–H and O–H groups in total. The predicted molar refractivity (Wildman–Crippen MR) is 84.1 cm³/mol. The summed E-state index contributed by atoms with van der Waals surface area (Å²) >= 11 is 1.38. The average molecular weight is 323 g/mol. The first-order chi connectivity index (χ1) is 10.7. The van der Waals surface area contributed by atoms with Crippen LogP contribution in [0.2, 0.25) is 0 Å². The summed E-state index contributed by atoms with van der Waals surface area (Å²) in [6.45, 7) is 1.94. The van der Waals surface area contributed by atoms with Crippen LogP contribution in [-0.2, 0) is 24.2 Å². The van der Waals surface area contributed by atoms with Gasteiger partial charge in [0.25, 0.3) is 0 Å². The first kappa shape index (κ1) is 15.6. The quantitative estimate of drug-likeness (QED) is 0.628. The summed E-state index contributed by atoms with van der Waals surface area (Å²) < 4.78 is 1.58. The molecule has 1 saturated heterocycles. The SMILES string of the molecule is O=C(CSc1nc(=O)n(CCO)c2c1CCC2)N1CCCC1. The fraction of sp³-hybridized carbons (Fsp3) is 0.667. The molecule has 1 aromatic heterocycles. The standard InChI is InChI=1S/C15H21N3O3S/c19-9-8-18-12-5-3-4-11(12)14(16-15(18)21)22-10-13(20)17-6-1-2-7-17/h19H,1-10H2. The average Bonchev–Trinajstić information content (AvgIpc) is 3.19. The normalized spacial score (nSPS) is 17.0. The number of aromatic nitrogens is 2. The third kappa shape index (κ3) is 3.05. The number of carbonyl (C=O) groups is 1. The number of hydrogen-bond donors (Lipinski definition) is 1. The van der Waals surface area contributed by atoms with E-state index in [-0.39, 0.29) is 18.2 Å². The Kier molecular flexibility index (Phi) is 4.83. The van der Waals surface area contributed by atoms with Gasteiger partial charge in [0.05, 0.1) is 18.9 Å². The lowest BCUT2D eigenvalue weighted by Gasteiger charge is -2.16. The molecule has 7 heteroatoms. The molecule has 22 heavy (non-hydrogen) atoms. The first-order valence-electron chi connectivity index (χ1n) is 7.84. The van der Waals surface area contributed by atoms with Gasteiger partial charge >= 0.3 is 5.69 Å². The largest absolute Gasteiger partial charge is 0.395 e. The highest BCUT2D eigenvalue weighted by Crippen LogP contribution is 2.29. The van der Waals surface area contributed by atoms with Crippen LogP contribution in [0.3, 0.4) is 0 Å². The van der Waals surface area contributed by atoms with Crippen LogP contribution in [0, 0.1) is 0 Å². The second-order valence-corrected chi connectivity index (χ2v) is 6.69.